The van der Waals surface area contributed by atoms with Crippen LogP contribution < -0.4 is 10.6 Å². The van der Waals surface area contributed by atoms with Crippen molar-refractivity contribution >= 4 is 23.6 Å². The van der Waals surface area contributed by atoms with E-state index in [0.29, 0.717) is 23.5 Å². The summed E-state index contributed by atoms with van der Waals surface area (Å²) in [6, 6.07) is 12.3. The van der Waals surface area contributed by atoms with E-state index in [-0.39, 0.29) is 11.8 Å². The minimum atomic E-state index is -0.317. The number of carbonyl (C=O) groups excluding carboxylic acids is 2. The minimum absolute atomic E-state index is 0.216. The molecule has 22 heavy (non-hydrogen) atoms. The third kappa shape index (κ3) is 4.28. The number of pyridine rings is 1. The molecule has 0 radical (unpaired) electrons. The van der Waals surface area contributed by atoms with Gasteiger partial charge in [-0.3, -0.25) is 14.6 Å². The van der Waals surface area contributed by atoms with Gasteiger partial charge in [-0.15, -0.1) is 0 Å². The number of para-hydroxylation sites is 1. The standard InChI is InChI=1S/C17H17N3O2/c1-2-18-17(22)14-8-3-4-9-15(14)20-16(21)11-10-13-7-5-6-12-19-13/h3-12H,2H2,1H3,(H,18,22)(H,20,21)/b11-10+. The number of rotatable bonds is 5. The summed E-state index contributed by atoms with van der Waals surface area (Å²) in [5.41, 5.74) is 1.60. The average Bonchev–Trinajstić information content (AvgIpc) is 2.54. The molecular formula is C17H17N3O2. The van der Waals surface area contributed by atoms with E-state index in [1.54, 1.807) is 48.7 Å². The summed E-state index contributed by atoms with van der Waals surface area (Å²) in [5, 5.41) is 5.42. The lowest BCUT2D eigenvalue weighted by Gasteiger charge is -2.09. The third-order valence-electron chi connectivity index (χ3n) is 2.86. The van der Waals surface area contributed by atoms with Gasteiger partial charge in [-0.05, 0) is 37.3 Å². The molecule has 0 saturated carbocycles. The van der Waals surface area contributed by atoms with Crippen LogP contribution >= 0.6 is 0 Å². The van der Waals surface area contributed by atoms with Crippen LogP contribution in [0.25, 0.3) is 6.08 Å². The van der Waals surface area contributed by atoms with Crippen LogP contribution in [0.1, 0.15) is 23.0 Å². The lowest BCUT2D eigenvalue weighted by molar-refractivity contribution is -0.111. The van der Waals surface area contributed by atoms with Crippen LogP contribution in [-0.2, 0) is 4.79 Å². The molecular weight excluding hydrogens is 278 g/mol. The Labute approximate surface area is 129 Å². The highest BCUT2D eigenvalue weighted by molar-refractivity contribution is 6.07. The maximum atomic E-state index is 12.0. The summed E-state index contributed by atoms with van der Waals surface area (Å²) >= 11 is 0. The Hall–Kier alpha value is -2.95. The number of aromatic nitrogens is 1. The molecule has 2 N–H and O–H groups in total. The van der Waals surface area contributed by atoms with Crippen molar-refractivity contribution in [3.8, 4) is 0 Å². The van der Waals surface area contributed by atoms with Gasteiger partial charge in [-0.25, -0.2) is 0 Å². The molecule has 112 valence electrons. The fourth-order valence-corrected chi connectivity index (χ4v) is 1.86. The molecule has 1 aromatic heterocycles. The van der Waals surface area contributed by atoms with Gasteiger partial charge in [0.15, 0.2) is 0 Å². The third-order valence-corrected chi connectivity index (χ3v) is 2.86. The molecule has 5 heteroatoms. The van der Waals surface area contributed by atoms with Crippen LogP contribution in [0.5, 0.6) is 0 Å². The van der Waals surface area contributed by atoms with E-state index in [1.807, 2.05) is 13.0 Å². The minimum Gasteiger partial charge on any atom is -0.352 e. The van der Waals surface area contributed by atoms with Crippen LogP contribution in [0.2, 0.25) is 0 Å². The molecule has 0 bridgehead atoms. The molecule has 5 nitrogen and oxygen atoms in total. The molecule has 2 aromatic rings. The lowest BCUT2D eigenvalue weighted by atomic mass is 10.1. The second-order valence-electron chi connectivity index (χ2n) is 4.48. The Morgan fingerprint density at radius 3 is 2.64 bits per heavy atom. The van der Waals surface area contributed by atoms with Crippen molar-refractivity contribution in [3.63, 3.8) is 0 Å². The first kappa shape index (κ1) is 15.4. The van der Waals surface area contributed by atoms with Crippen LogP contribution in [0.4, 0.5) is 5.69 Å². The predicted octanol–water partition coefficient (Wildman–Crippen LogP) is 2.48. The maximum absolute atomic E-state index is 12.0. The summed E-state index contributed by atoms with van der Waals surface area (Å²) in [7, 11) is 0. The number of benzene rings is 1. The number of amides is 2. The Morgan fingerprint density at radius 1 is 1.14 bits per heavy atom. The Balaban J connectivity index is 2.09. The van der Waals surface area contributed by atoms with Crippen molar-refractivity contribution in [2.24, 2.45) is 0 Å². The number of hydrogen-bond acceptors (Lipinski definition) is 3. The number of carbonyl (C=O) groups is 2. The van der Waals surface area contributed by atoms with E-state index in [4.69, 9.17) is 0 Å². The van der Waals surface area contributed by atoms with Crippen molar-refractivity contribution in [2.75, 3.05) is 11.9 Å². The monoisotopic (exact) mass is 295 g/mol. The van der Waals surface area contributed by atoms with E-state index in [2.05, 4.69) is 15.6 Å². The summed E-state index contributed by atoms with van der Waals surface area (Å²) in [6.45, 7) is 2.37. The fraction of sp³-hybridized carbons (Fsp3) is 0.118. The number of hydrogen-bond donors (Lipinski definition) is 2. The predicted molar refractivity (Wildman–Crippen MR) is 86.3 cm³/mol. The molecule has 0 fully saturated rings. The van der Waals surface area contributed by atoms with E-state index < -0.39 is 0 Å². The van der Waals surface area contributed by atoms with Gasteiger partial charge in [0.05, 0.1) is 16.9 Å². The van der Waals surface area contributed by atoms with Gasteiger partial charge in [0.2, 0.25) is 5.91 Å². The Kier molecular flexibility index (Phi) is 5.43. The van der Waals surface area contributed by atoms with Crippen LogP contribution in [-0.4, -0.2) is 23.3 Å². The van der Waals surface area contributed by atoms with E-state index >= 15 is 0 Å². The highest BCUT2D eigenvalue weighted by atomic mass is 16.2. The smallest absolute Gasteiger partial charge is 0.253 e. The topological polar surface area (TPSA) is 71.1 Å². The quantitative estimate of drug-likeness (QED) is 0.832. The van der Waals surface area contributed by atoms with Crippen LogP contribution in [0.15, 0.2) is 54.7 Å². The highest BCUT2D eigenvalue weighted by Crippen LogP contribution is 2.15. The van der Waals surface area contributed by atoms with Crippen LogP contribution in [0, 0.1) is 0 Å². The van der Waals surface area contributed by atoms with Gasteiger partial charge in [0.1, 0.15) is 0 Å². The van der Waals surface area contributed by atoms with Crippen molar-refractivity contribution in [3.05, 3.63) is 66.0 Å². The van der Waals surface area contributed by atoms with Gasteiger partial charge >= 0.3 is 0 Å². The molecule has 0 saturated heterocycles. The average molecular weight is 295 g/mol. The SMILES string of the molecule is CCNC(=O)c1ccccc1NC(=O)/C=C/c1ccccn1. The first-order valence-electron chi connectivity index (χ1n) is 6.98. The van der Waals surface area contributed by atoms with Gasteiger partial charge in [-0.2, -0.15) is 0 Å². The summed E-state index contributed by atoms with van der Waals surface area (Å²) in [5.74, 6) is -0.533. The van der Waals surface area contributed by atoms with Crippen molar-refractivity contribution in [1.82, 2.24) is 10.3 Å². The van der Waals surface area contributed by atoms with Crippen molar-refractivity contribution in [1.29, 1.82) is 0 Å². The largest absolute Gasteiger partial charge is 0.352 e. The Bertz CT molecular complexity index is 681. The zero-order chi connectivity index (χ0) is 15.8. The summed E-state index contributed by atoms with van der Waals surface area (Å²) < 4.78 is 0. The molecule has 0 unspecified atom stereocenters. The number of anilines is 1. The molecule has 1 heterocycles. The van der Waals surface area contributed by atoms with E-state index in [0.717, 1.165) is 0 Å². The van der Waals surface area contributed by atoms with Gasteiger partial charge in [-0.1, -0.05) is 18.2 Å². The molecule has 2 rings (SSSR count). The number of nitrogens with one attached hydrogen (secondary N) is 2. The molecule has 0 aliphatic heterocycles. The fourth-order valence-electron chi connectivity index (χ4n) is 1.86. The first-order valence-corrected chi connectivity index (χ1v) is 6.98. The maximum Gasteiger partial charge on any atom is 0.253 e. The van der Waals surface area contributed by atoms with E-state index in [9.17, 15) is 9.59 Å². The summed E-state index contributed by atoms with van der Waals surface area (Å²) in [6.07, 6.45) is 4.66. The van der Waals surface area contributed by atoms with Gasteiger partial charge < -0.3 is 10.6 Å². The second kappa shape index (κ2) is 7.73. The molecule has 0 aliphatic rings. The molecule has 1 aromatic carbocycles. The highest BCUT2D eigenvalue weighted by Gasteiger charge is 2.10. The zero-order valence-corrected chi connectivity index (χ0v) is 12.2. The normalized spacial score (nSPS) is 10.4. The molecule has 2 amide bonds. The molecule has 0 spiro atoms. The lowest BCUT2D eigenvalue weighted by Crippen LogP contribution is -2.24. The zero-order valence-electron chi connectivity index (χ0n) is 12.2. The second-order valence-corrected chi connectivity index (χ2v) is 4.48. The van der Waals surface area contributed by atoms with Gasteiger partial charge in [0, 0.05) is 18.8 Å². The molecule has 0 aliphatic carbocycles. The van der Waals surface area contributed by atoms with Crippen LogP contribution in [0.3, 0.4) is 0 Å². The van der Waals surface area contributed by atoms with E-state index in [1.165, 1.54) is 6.08 Å². The summed E-state index contributed by atoms with van der Waals surface area (Å²) in [4.78, 5) is 28.0. The van der Waals surface area contributed by atoms with Crippen molar-refractivity contribution < 1.29 is 9.59 Å². The first-order chi connectivity index (χ1) is 10.7. The van der Waals surface area contributed by atoms with Gasteiger partial charge in [0.25, 0.3) is 5.91 Å². The Morgan fingerprint density at radius 2 is 1.91 bits per heavy atom. The van der Waals surface area contributed by atoms with Crippen molar-refractivity contribution in [2.45, 2.75) is 6.92 Å². The molecule has 0 atom stereocenters. The number of nitrogens with zero attached hydrogens (tertiary/aromatic N) is 1.